The van der Waals surface area contributed by atoms with Gasteiger partial charge in [-0.2, -0.15) is 5.10 Å². The quantitative estimate of drug-likeness (QED) is 0.724. The topological polar surface area (TPSA) is 41.4 Å². The molecular formula is C18H23ClN4O. The highest BCUT2D eigenvalue weighted by Gasteiger charge is 2.12. The van der Waals surface area contributed by atoms with Gasteiger partial charge in [-0.1, -0.05) is 23.7 Å². The van der Waals surface area contributed by atoms with Crippen LogP contribution in [-0.2, 0) is 18.4 Å². The Balaban J connectivity index is 2.07. The molecule has 0 radical (unpaired) electrons. The third kappa shape index (κ3) is 5.83. The second-order valence-electron chi connectivity index (χ2n) is 5.97. The molecule has 2 aromatic rings. The fourth-order valence-corrected chi connectivity index (χ4v) is 2.32. The lowest BCUT2D eigenvalue weighted by Crippen LogP contribution is -2.35. The van der Waals surface area contributed by atoms with Crippen LogP contribution in [0.3, 0.4) is 0 Å². The third-order valence-corrected chi connectivity index (χ3v) is 3.81. The van der Waals surface area contributed by atoms with Crippen molar-refractivity contribution in [3.8, 4) is 0 Å². The van der Waals surface area contributed by atoms with Crippen LogP contribution in [0, 0.1) is 0 Å². The zero-order valence-corrected chi connectivity index (χ0v) is 15.1. The Kier molecular flexibility index (Phi) is 6.58. The van der Waals surface area contributed by atoms with Gasteiger partial charge in [0.05, 0.1) is 6.20 Å². The summed E-state index contributed by atoms with van der Waals surface area (Å²) in [6, 6.07) is 7.58. The van der Waals surface area contributed by atoms with E-state index in [9.17, 15) is 4.79 Å². The summed E-state index contributed by atoms with van der Waals surface area (Å²) in [4.78, 5) is 16.5. The summed E-state index contributed by atoms with van der Waals surface area (Å²) < 4.78 is 1.71. The van der Waals surface area contributed by atoms with Gasteiger partial charge in [0.1, 0.15) is 0 Å². The van der Waals surface area contributed by atoms with Crippen LogP contribution in [0.15, 0.2) is 42.7 Å². The number of amides is 1. The number of hydrogen-bond acceptors (Lipinski definition) is 3. The maximum Gasteiger partial charge on any atom is 0.246 e. The van der Waals surface area contributed by atoms with Crippen molar-refractivity contribution in [1.29, 1.82) is 0 Å². The maximum atomic E-state index is 12.6. The summed E-state index contributed by atoms with van der Waals surface area (Å²) in [7, 11) is 5.84. The minimum Gasteiger partial charge on any atom is -0.334 e. The van der Waals surface area contributed by atoms with E-state index in [0.717, 1.165) is 17.7 Å². The van der Waals surface area contributed by atoms with Gasteiger partial charge in [0.2, 0.25) is 5.91 Å². The van der Waals surface area contributed by atoms with Crippen molar-refractivity contribution in [2.75, 3.05) is 27.2 Å². The lowest BCUT2D eigenvalue weighted by molar-refractivity contribution is -0.126. The molecule has 128 valence electrons. The van der Waals surface area contributed by atoms with E-state index in [1.807, 2.05) is 56.5 Å². The van der Waals surface area contributed by atoms with E-state index in [1.165, 1.54) is 0 Å². The van der Waals surface area contributed by atoms with Crippen LogP contribution in [0.25, 0.3) is 6.08 Å². The number of benzene rings is 1. The van der Waals surface area contributed by atoms with Gasteiger partial charge in [0.15, 0.2) is 0 Å². The van der Waals surface area contributed by atoms with E-state index in [0.29, 0.717) is 18.1 Å². The fraction of sp³-hybridized carbons (Fsp3) is 0.333. The summed E-state index contributed by atoms with van der Waals surface area (Å²) in [5.74, 6) is -0.0179. The third-order valence-electron chi connectivity index (χ3n) is 3.56. The van der Waals surface area contributed by atoms with Crippen molar-refractivity contribution in [1.82, 2.24) is 19.6 Å². The van der Waals surface area contributed by atoms with Crippen LogP contribution < -0.4 is 0 Å². The predicted octanol–water partition coefficient (Wildman–Crippen LogP) is 2.68. The molecule has 0 saturated carbocycles. The van der Waals surface area contributed by atoms with Gasteiger partial charge in [-0.15, -0.1) is 0 Å². The Labute approximate surface area is 148 Å². The normalized spacial score (nSPS) is 11.4. The van der Waals surface area contributed by atoms with Gasteiger partial charge < -0.3 is 9.80 Å². The van der Waals surface area contributed by atoms with Crippen molar-refractivity contribution < 1.29 is 4.79 Å². The number of rotatable bonds is 7. The van der Waals surface area contributed by atoms with Crippen molar-refractivity contribution in [2.24, 2.45) is 7.05 Å². The van der Waals surface area contributed by atoms with Gasteiger partial charge >= 0.3 is 0 Å². The molecule has 0 N–H and O–H groups in total. The van der Waals surface area contributed by atoms with Gasteiger partial charge in [-0.3, -0.25) is 9.48 Å². The van der Waals surface area contributed by atoms with Crippen molar-refractivity contribution in [3.63, 3.8) is 0 Å². The first-order valence-electron chi connectivity index (χ1n) is 7.79. The van der Waals surface area contributed by atoms with E-state index in [-0.39, 0.29) is 5.91 Å². The van der Waals surface area contributed by atoms with Gasteiger partial charge in [-0.25, -0.2) is 0 Å². The Morgan fingerprint density at radius 1 is 1.25 bits per heavy atom. The van der Waals surface area contributed by atoms with Gasteiger partial charge in [0, 0.05) is 49.5 Å². The van der Waals surface area contributed by atoms with E-state index in [4.69, 9.17) is 11.6 Å². The van der Waals surface area contributed by atoms with E-state index >= 15 is 0 Å². The Morgan fingerprint density at radius 3 is 2.54 bits per heavy atom. The number of nitrogens with zero attached hydrogens (tertiary/aromatic N) is 4. The summed E-state index contributed by atoms with van der Waals surface area (Å²) in [6.45, 7) is 2.02. The molecule has 0 aliphatic rings. The molecule has 1 amide bonds. The average molecular weight is 347 g/mol. The SMILES string of the molecule is CN(C)CCN(Cc1ccc(Cl)cc1)C(=O)C=Cc1cnn(C)c1. The molecule has 0 aliphatic carbocycles. The first-order valence-corrected chi connectivity index (χ1v) is 8.16. The number of halogens is 1. The van der Waals surface area contributed by atoms with Crippen LogP contribution in [0.5, 0.6) is 0 Å². The van der Waals surface area contributed by atoms with Crippen LogP contribution in [0.2, 0.25) is 5.02 Å². The second kappa shape index (κ2) is 8.66. The second-order valence-corrected chi connectivity index (χ2v) is 6.41. The van der Waals surface area contributed by atoms with E-state index < -0.39 is 0 Å². The minimum absolute atomic E-state index is 0.0179. The number of aromatic nitrogens is 2. The molecule has 0 atom stereocenters. The molecule has 0 fully saturated rings. The molecule has 1 aromatic heterocycles. The Morgan fingerprint density at radius 2 is 1.96 bits per heavy atom. The van der Waals surface area contributed by atoms with Crippen molar-refractivity contribution in [2.45, 2.75) is 6.54 Å². The van der Waals surface area contributed by atoms with Crippen LogP contribution in [0.4, 0.5) is 0 Å². The summed E-state index contributed by atoms with van der Waals surface area (Å²) in [6.07, 6.45) is 6.99. The first-order chi connectivity index (χ1) is 11.4. The molecule has 0 saturated heterocycles. The molecule has 5 nitrogen and oxygen atoms in total. The number of likely N-dealkylation sites (N-methyl/N-ethyl adjacent to an activating group) is 1. The molecule has 0 bridgehead atoms. The fourth-order valence-electron chi connectivity index (χ4n) is 2.20. The molecule has 1 heterocycles. The molecule has 1 aromatic carbocycles. The molecule has 0 spiro atoms. The van der Waals surface area contributed by atoms with Gasteiger partial charge in [0.25, 0.3) is 0 Å². The largest absolute Gasteiger partial charge is 0.334 e. The molecule has 0 aliphatic heterocycles. The number of carbonyl (C=O) groups excluding carboxylic acids is 1. The zero-order chi connectivity index (χ0) is 17.5. The zero-order valence-electron chi connectivity index (χ0n) is 14.3. The number of aryl methyl sites for hydroxylation is 1. The van der Waals surface area contributed by atoms with Crippen LogP contribution in [0.1, 0.15) is 11.1 Å². The molecule has 6 heteroatoms. The van der Waals surface area contributed by atoms with Crippen molar-refractivity contribution >= 4 is 23.6 Å². The summed E-state index contributed by atoms with van der Waals surface area (Å²) in [5, 5.41) is 4.79. The van der Waals surface area contributed by atoms with Crippen LogP contribution >= 0.6 is 11.6 Å². The van der Waals surface area contributed by atoms with E-state index in [2.05, 4.69) is 10.00 Å². The number of carbonyl (C=O) groups is 1. The maximum absolute atomic E-state index is 12.6. The monoisotopic (exact) mass is 346 g/mol. The molecule has 24 heavy (non-hydrogen) atoms. The van der Waals surface area contributed by atoms with Crippen molar-refractivity contribution in [3.05, 3.63) is 58.9 Å². The van der Waals surface area contributed by atoms with Gasteiger partial charge in [-0.05, 0) is 37.9 Å². The predicted molar refractivity (Wildman–Crippen MR) is 97.7 cm³/mol. The lowest BCUT2D eigenvalue weighted by atomic mass is 10.2. The summed E-state index contributed by atoms with van der Waals surface area (Å²) >= 11 is 5.93. The molecule has 2 rings (SSSR count). The smallest absolute Gasteiger partial charge is 0.246 e. The highest BCUT2D eigenvalue weighted by molar-refractivity contribution is 6.30. The lowest BCUT2D eigenvalue weighted by Gasteiger charge is -2.23. The minimum atomic E-state index is -0.0179. The average Bonchev–Trinajstić information content (AvgIpc) is 2.96. The number of hydrogen-bond donors (Lipinski definition) is 0. The highest BCUT2D eigenvalue weighted by atomic mass is 35.5. The molecular weight excluding hydrogens is 324 g/mol. The van der Waals surface area contributed by atoms with E-state index in [1.54, 1.807) is 23.0 Å². The Hall–Kier alpha value is -2.11. The highest BCUT2D eigenvalue weighted by Crippen LogP contribution is 2.12. The standard InChI is InChI=1S/C18H23ClN4O/c1-21(2)10-11-23(14-15-4-7-17(19)8-5-15)18(24)9-6-16-12-20-22(3)13-16/h4-9,12-13H,10-11,14H2,1-3H3. The molecule has 0 unspecified atom stereocenters. The first kappa shape index (κ1) is 18.2. The summed E-state index contributed by atoms with van der Waals surface area (Å²) in [5.41, 5.74) is 1.96. The Bertz CT molecular complexity index is 691. The van der Waals surface area contributed by atoms with Crippen LogP contribution in [-0.4, -0.2) is 52.7 Å².